The number of hydrogen-bond acceptors (Lipinski definition) is 3. The van der Waals surface area contributed by atoms with Crippen molar-refractivity contribution in [3.05, 3.63) is 0 Å². The van der Waals surface area contributed by atoms with Gasteiger partial charge in [0.25, 0.3) is 0 Å². The largest absolute Gasteiger partial charge is 0.386 e. The van der Waals surface area contributed by atoms with Crippen LogP contribution in [0.4, 0.5) is 0 Å². The van der Waals surface area contributed by atoms with E-state index < -0.39 is 0 Å². The first kappa shape index (κ1) is 5.41. The van der Waals surface area contributed by atoms with E-state index in [4.69, 9.17) is 5.73 Å². The Hall–Kier alpha value is -0.730. The van der Waals surface area contributed by atoms with Crippen LogP contribution in [0.2, 0.25) is 0 Å². The van der Waals surface area contributed by atoms with Gasteiger partial charge in [0.15, 0.2) is 0 Å². The second-order valence-corrected chi connectivity index (χ2v) is 2.22. The molecule has 0 aromatic rings. The molecule has 8 heavy (non-hydrogen) atoms. The molecule has 0 bridgehead atoms. The molecule has 0 saturated heterocycles. The standard InChI is InChI=1S/C5H11N3/c1-4-3-5(6)7-8(4)2/h4H,3H2,1-2H3,(H2,6,7). The predicted molar refractivity (Wildman–Crippen MR) is 33.5 cm³/mol. The number of hydrazone groups is 1. The third-order valence-electron chi connectivity index (χ3n) is 1.43. The summed E-state index contributed by atoms with van der Waals surface area (Å²) >= 11 is 0. The van der Waals surface area contributed by atoms with Crippen molar-refractivity contribution in [2.45, 2.75) is 19.4 Å². The lowest BCUT2D eigenvalue weighted by Crippen LogP contribution is -2.18. The molecule has 1 atom stereocenters. The minimum absolute atomic E-state index is 0.495. The van der Waals surface area contributed by atoms with Gasteiger partial charge < -0.3 is 5.73 Å². The summed E-state index contributed by atoms with van der Waals surface area (Å²) in [5.41, 5.74) is 5.42. The van der Waals surface area contributed by atoms with E-state index in [9.17, 15) is 0 Å². The highest BCUT2D eigenvalue weighted by molar-refractivity contribution is 5.81. The summed E-state index contributed by atoms with van der Waals surface area (Å²) in [4.78, 5) is 0. The Morgan fingerprint density at radius 3 is 2.62 bits per heavy atom. The van der Waals surface area contributed by atoms with E-state index in [0.29, 0.717) is 6.04 Å². The summed E-state index contributed by atoms with van der Waals surface area (Å²) in [7, 11) is 1.94. The van der Waals surface area contributed by atoms with Gasteiger partial charge in [-0.05, 0) is 6.92 Å². The normalized spacial score (nSPS) is 28.5. The molecule has 0 radical (unpaired) electrons. The highest BCUT2D eigenvalue weighted by atomic mass is 15.5. The second kappa shape index (κ2) is 1.65. The summed E-state index contributed by atoms with van der Waals surface area (Å²) in [6.07, 6.45) is 0.913. The van der Waals surface area contributed by atoms with Gasteiger partial charge in [-0.2, -0.15) is 5.10 Å². The van der Waals surface area contributed by atoms with Crippen LogP contribution in [0, 0.1) is 0 Å². The van der Waals surface area contributed by atoms with E-state index in [1.807, 2.05) is 12.1 Å². The van der Waals surface area contributed by atoms with Gasteiger partial charge in [-0.1, -0.05) is 0 Å². The summed E-state index contributed by atoms with van der Waals surface area (Å²) in [6, 6.07) is 0.495. The van der Waals surface area contributed by atoms with Crippen LogP contribution < -0.4 is 5.73 Å². The van der Waals surface area contributed by atoms with Gasteiger partial charge >= 0.3 is 0 Å². The maximum atomic E-state index is 5.42. The lowest BCUT2D eigenvalue weighted by molar-refractivity contribution is 0.303. The molecule has 0 aromatic heterocycles. The van der Waals surface area contributed by atoms with Crippen LogP contribution in [-0.2, 0) is 0 Å². The lowest BCUT2D eigenvalue weighted by Gasteiger charge is -2.11. The molecule has 3 heteroatoms. The number of hydrogen-bond donors (Lipinski definition) is 1. The minimum Gasteiger partial charge on any atom is -0.386 e. The summed E-state index contributed by atoms with van der Waals surface area (Å²) in [5, 5.41) is 5.88. The zero-order valence-electron chi connectivity index (χ0n) is 5.26. The molecule has 0 saturated carbocycles. The molecule has 2 N–H and O–H groups in total. The molecule has 1 heterocycles. The van der Waals surface area contributed by atoms with Gasteiger partial charge in [-0.25, -0.2) is 0 Å². The first-order chi connectivity index (χ1) is 3.70. The van der Waals surface area contributed by atoms with Crippen molar-refractivity contribution >= 4 is 5.84 Å². The molecule has 0 aliphatic carbocycles. The zero-order valence-corrected chi connectivity index (χ0v) is 5.26. The Kier molecular flexibility index (Phi) is 1.12. The topological polar surface area (TPSA) is 41.6 Å². The Morgan fingerprint density at radius 2 is 2.50 bits per heavy atom. The van der Waals surface area contributed by atoms with Gasteiger partial charge in [-0.15, -0.1) is 0 Å². The van der Waals surface area contributed by atoms with Crippen LogP contribution in [0.1, 0.15) is 13.3 Å². The van der Waals surface area contributed by atoms with Crippen LogP contribution in [0.3, 0.4) is 0 Å². The van der Waals surface area contributed by atoms with Crippen LogP contribution in [-0.4, -0.2) is 23.9 Å². The van der Waals surface area contributed by atoms with Crippen molar-refractivity contribution in [1.82, 2.24) is 5.01 Å². The van der Waals surface area contributed by atoms with Crippen molar-refractivity contribution in [3.63, 3.8) is 0 Å². The molecule has 3 nitrogen and oxygen atoms in total. The maximum Gasteiger partial charge on any atom is 0.121 e. The monoisotopic (exact) mass is 113 g/mol. The Morgan fingerprint density at radius 1 is 1.88 bits per heavy atom. The van der Waals surface area contributed by atoms with Gasteiger partial charge in [0.2, 0.25) is 0 Å². The Labute approximate surface area is 49.2 Å². The fourth-order valence-corrected chi connectivity index (χ4v) is 0.777. The van der Waals surface area contributed by atoms with Gasteiger partial charge in [0.1, 0.15) is 5.84 Å². The second-order valence-electron chi connectivity index (χ2n) is 2.22. The molecular weight excluding hydrogens is 102 g/mol. The minimum atomic E-state index is 0.495. The Bertz CT molecular complexity index is 119. The highest BCUT2D eigenvalue weighted by Gasteiger charge is 2.15. The summed E-state index contributed by atoms with van der Waals surface area (Å²) < 4.78 is 0. The number of amidine groups is 1. The van der Waals surface area contributed by atoms with Crippen molar-refractivity contribution in [2.75, 3.05) is 7.05 Å². The maximum absolute atomic E-state index is 5.42. The fraction of sp³-hybridized carbons (Fsp3) is 0.800. The molecular formula is C5H11N3. The summed E-state index contributed by atoms with van der Waals surface area (Å²) in [6.45, 7) is 2.10. The fourth-order valence-electron chi connectivity index (χ4n) is 0.777. The zero-order chi connectivity index (χ0) is 6.15. The van der Waals surface area contributed by atoms with Crippen LogP contribution in [0.15, 0.2) is 5.10 Å². The predicted octanol–water partition coefficient (Wildman–Crippen LogP) is -0.0174. The number of nitrogens with two attached hydrogens (primary N) is 1. The third kappa shape index (κ3) is 0.757. The van der Waals surface area contributed by atoms with Crippen LogP contribution in [0.5, 0.6) is 0 Å². The molecule has 46 valence electrons. The van der Waals surface area contributed by atoms with E-state index in [-0.39, 0.29) is 0 Å². The van der Waals surface area contributed by atoms with E-state index in [2.05, 4.69) is 12.0 Å². The van der Waals surface area contributed by atoms with Crippen molar-refractivity contribution in [2.24, 2.45) is 10.8 Å². The van der Waals surface area contributed by atoms with E-state index >= 15 is 0 Å². The number of nitrogens with zero attached hydrogens (tertiary/aromatic N) is 2. The average molecular weight is 113 g/mol. The molecule has 1 aliphatic rings. The molecule has 0 fully saturated rings. The number of rotatable bonds is 0. The third-order valence-corrected chi connectivity index (χ3v) is 1.43. The van der Waals surface area contributed by atoms with Gasteiger partial charge in [0.05, 0.1) is 6.04 Å². The SMILES string of the molecule is CC1CC(N)=NN1C. The average Bonchev–Trinajstić information content (AvgIpc) is 1.85. The smallest absolute Gasteiger partial charge is 0.121 e. The first-order valence-electron chi connectivity index (χ1n) is 2.76. The highest BCUT2D eigenvalue weighted by Crippen LogP contribution is 2.08. The van der Waals surface area contributed by atoms with Crippen LogP contribution in [0.25, 0.3) is 0 Å². The molecule has 0 spiro atoms. The van der Waals surface area contributed by atoms with Gasteiger partial charge in [0, 0.05) is 13.5 Å². The van der Waals surface area contributed by atoms with Gasteiger partial charge in [-0.3, -0.25) is 5.01 Å². The molecule has 1 aliphatic heterocycles. The summed E-state index contributed by atoms with van der Waals surface area (Å²) in [5.74, 6) is 0.750. The Balaban J connectivity index is 2.56. The van der Waals surface area contributed by atoms with Crippen molar-refractivity contribution in [3.8, 4) is 0 Å². The van der Waals surface area contributed by atoms with E-state index in [1.165, 1.54) is 0 Å². The lowest BCUT2D eigenvalue weighted by atomic mass is 10.2. The molecule has 1 unspecified atom stereocenters. The van der Waals surface area contributed by atoms with Crippen molar-refractivity contribution < 1.29 is 0 Å². The van der Waals surface area contributed by atoms with E-state index in [1.54, 1.807) is 0 Å². The quantitative estimate of drug-likeness (QED) is 0.479. The van der Waals surface area contributed by atoms with Crippen molar-refractivity contribution in [1.29, 1.82) is 0 Å². The first-order valence-corrected chi connectivity index (χ1v) is 2.76. The van der Waals surface area contributed by atoms with Crippen LogP contribution >= 0.6 is 0 Å². The molecule has 1 rings (SSSR count). The molecule has 0 amide bonds. The van der Waals surface area contributed by atoms with E-state index in [0.717, 1.165) is 12.3 Å². The molecule has 0 aromatic carbocycles.